The van der Waals surface area contributed by atoms with Gasteiger partial charge in [0.25, 0.3) is 0 Å². The normalized spacial score (nSPS) is 11.2. The third-order valence-corrected chi connectivity index (χ3v) is 23.1. The van der Waals surface area contributed by atoms with Crippen LogP contribution in [0.2, 0.25) is 0 Å². The number of carbonyl (C=O) groups is 2. The number of benzene rings is 10. The van der Waals surface area contributed by atoms with Gasteiger partial charge in [-0.25, -0.2) is 18.0 Å². The lowest BCUT2D eigenvalue weighted by molar-refractivity contribution is 0.0683. The van der Waals surface area contributed by atoms with E-state index < -0.39 is 57.2 Å². The summed E-state index contributed by atoms with van der Waals surface area (Å²) in [6.45, 7) is 0. The number of aromatic carboxylic acids is 2. The van der Waals surface area contributed by atoms with Crippen molar-refractivity contribution in [3.05, 3.63) is 313 Å². The molecular weight excluding hydrogens is 959 g/mol. The van der Waals surface area contributed by atoms with Gasteiger partial charge in [-0.15, -0.1) is 0 Å². The van der Waals surface area contributed by atoms with Crippen LogP contribution < -0.4 is 31.8 Å². The van der Waals surface area contributed by atoms with E-state index in [1.807, 2.05) is 0 Å². The first-order valence-corrected chi connectivity index (χ1v) is 29.1. The van der Waals surface area contributed by atoms with Crippen LogP contribution in [-0.4, -0.2) is 30.6 Å². The summed E-state index contributed by atoms with van der Waals surface area (Å²) in [5, 5.41) is 26.7. The molecule has 360 valence electrons. The Balaban J connectivity index is 0.000000147. The van der Waals surface area contributed by atoms with E-state index >= 15 is 0 Å². The third kappa shape index (κ3) is 11.8. The molecule has 2 N–H and O–H groups in total. The SMILES string of the molecule is O=C(O)c1ccccc1S(=O)(=O)c1ccccc1C(=O)O.c1ccc(C[P+](c2ccccc2)(c2ccccc2)c2ccccc2)cc1.c1ccc(C[P+](c2ccccc2)(c2ccccc2)c2ccccc2)cc1. The fraction of sp³-hybridized carbons (Fsp3) is 0.0312. The lowest BCUT2D eigenvalue weighted by Crippen LogP contribution is -2.32. The summed E-state index contributed by atoms with van der Waals surface area (Å²) in [5.41, 5.74) is 1.96. The van der Waals surface area contributed by atoms with Crippen molar-refractivity contribution >= 4 is 68.1 Å². The predicted molar refractivity (Wildman–Crippen MR) is 303 cm³/mol. The van der Waals surface area contributed by atoms with E-state index in [0.29, 0.717) is 0 Å². The molecule has 0 amide bonds. The molecule has 0 saturated heterocycles. The first-order chi connectivity index (χ1) is 35.6. The molecule has 0 heterocycles. The smallest absolute Gasteiger partial charge is 0.337 e. The molecule has 0 spiro atoms. The topological polar surface area (TPSA) is 109 Å². The fourth-order valence-corrected chi connectivity index (χ4v) is 19.3. The Labute approximate surface area is 429 Å². The van der Waals surface area contributed by atoms with Crippen LogP contribution in [0.3, 0.4) is 0 Å². The van der Waals surface area contributed by atoms with E-state index in [-0.39, 0.29) is 0 Å². The van der Waals surface area contributed by atoms with Crippen LogP contribution in [0.25, 0.3) is 0 Å². The van der Waals surface area contributed by atoms with Gasteiger partial charge in [0, 0.05) is 0 Å². The Kier molecular flexibility index (Phi) is 17.1. The van der Waals surface area contributed by atoms with Gasteiger partial charge in [0.05, 0.1) is 33.2 Å². The number of hydrogen-bond acceptors (Lipinski definition) is 4. The van der Waals surface area contributed by atoms with Crippen LogP contribution in [0.4, 0.5) is 0 Å². The van der Waals surface area contributed by atoms with Crippen LogP contribution in [-0.2, 0) is 22.2 Å². The number of hydrogen-bond donors (Lipinski definition) is 2. The van der Waals surface area contributed by atoms with Crippen LogP contribution in [0, 0.1) is 0 Å². The number of rotatable bonds is 14. The molecule has 0 unspecified atom stereocenters. The second-order valence-corrected chi connectivity index (χ2v) is 25.9. The average Bonchev–Trinajstić information content (AvgIpc) is 3.46. The lowest BCUT2D eigenvalue weighted by Gasteiger charge is -2.27. The zero-order valence-corrected chi connectivity index (χ0v) is 42.6. The molecule has 0 atom stereocenters. The predicted octanol–water partition coefficient (Wildman–Crippen LogP) is 12.3. The largest absolute Gasteiger partial charge is 0.478 e. The molecule has 0 aliphatic heterocycles. The van der Waals surface area contributed by atoms with Crippen molar-refractivity contribution < 1.29 is 28.2 Å². The monoisotopic (exact) mass is 1010 g/mol. The van der Waals surface area contributed by atoms with Crippen molar-refractivity contribution in [1.29, 1.82) is 0 Å². The number of carboxylic acid groups (broad SMARTS) is 2. The molecule has 0 aromatic heterocycles. The van der Waals surface area contributed by atoms with Crippen LogP contribution in [0.1, 0.15) is 31.8 Å². The minimum atomic E-state index is -4.25. The first-order valence-electron chi connectivity index (χ1n) is 23.7. The standard InChI is InChI=1S/2C25H22P.C14H10O6S/c2*1-5-13-22(14-6-1)21-26(23-15-7-2-8-16-23,24-17-9-3-10-18-24)25-19-11-4-12-20-25;15-13(16)9-5-1-3-7-11(9)21(19,20)12-8-4-2-6-10(12)14(17)18/h2*1-20H,21H2;1-8H,(H,15,16)(H,17,18)/q2*+1;. The summed E-state index contributed by atoms with van der Waals surface area (Å²) in [6, 6.07) is 98.2. The maximum absolute atomic E-state index is 12.6. The summed E-state index contributed by atoms with van der Waals surface area (Å²) in [5.74, 6) is -2.80. The maximum Gasteiger partial charge on any atom is 0.337 e. The quantitative estimate of drug-likeness (QED) is 0.105. The molecule has 0 radical (unpaired) electrons. The van der Waals surface area contributed by atoms with Crippen molar-refractivity contribution in [3.8, 4) is 0 Å². The van der Waals surface area contributed by atoms with Crippen molar-refractivity contribution in [3.63, 3.8) is 0 Å². The Hall–Kier alpha value is -8.05. The van der Waals surface area contributed by atoms with E-state index in [1.165, 1.54) is 67.2 Å². The zero-order chi connectivity index (χ0) is 50.9. The van der Waals surface area contributed by atoms with Crippen LogP contribution in [0.15, 0.2) is 301 Å². The van der Waals surface area contributed by atoms with Gasteiger partial charge in [-0.2, -0.15) is 0 Å². The Morgan fingerprint density at radius 1 is 0.288 bits per heavy atom. The summed E-state index contributed by atoms with van der Waals surface area (Å²) in [4.78, 5) is 21.4. The van der Waals surface area contributed by atoms with Gasteiger partial charge in [-0.05, 0) is 108 Å². The molecule has 0 bridgehead atoms. The maximum atomic E-state index is 12.6. The van der Waals surface area contributed by atoms with Crippen molar-refractivity contribution in [1.82, 2.24) is 0 Å². The number of sulfone groups is 1. The number of carboxylic acids is 2. The highest BCUT2D eigenvalue weighted by Crippen LogP contribution is 2.59. The van der Waals surface area contributed by atoms with Crippen LogP contribution in [0.5, 0.6) is 0 Å². The van der Waals surface area contributed by atoms with E-state index in [2.05, 4.69) is 243 Å². The van der Waals surface area contributed by atoms with Crippen molar-refractivity contribution in [2.24, 2.45) is 0 Å². The Morgan fingerprint density at radius 3 is 0.699 bits per heavy atom. The molecule has 73 heavy (non-hydrogen) atoms. The van der Waals surface area contributed by atoms with Crippen LogP contribution >= 0.6 is 14.5 Å². The zero-order valence-electron chi connectivity index (χ0n) is 40.0. The summed E-state index contributed by atoms with van der Waals surface area (Å²) >= 11 is 0. The van der Waals surface area contributed by atoms with E-state index in [9.17, 15) is 18.0 Å². The molecule has 0 aliphatic rings. The summed E-state index contributed by atoms with van der Waals surface area (Å²) < 4.78 is 25.1. The molecule has 0 fully saturated rings. The summed E-state index contributed by atoms with van der Waals surface area (Å²) in [6.07, 6.45) is 2.07. The fourth-order valence-electron chi connectivity index (χ4n) is 9.13. The molecule has 0 aliphatic carbocycles. The highest BCUT2D eigenvalue weighted by atomic mass is 32.2. The van der Waals surface area contributed by atoms with Gasteiger partial charge in [0.2, 0.25) is 9.84 Å². The molecule has 10 aromatic rings. The highest BCUT2D eigenvalue weighted by Gasteiger charge is 2.46. The van der Waals surface area contributed by atoms with Crippen molar-refractivity contribution in [2.75, 3.05) is 0 Å². The van der Waals surface area contributed by atoms with E-state index in [0.717, 1.165) is 36.6 Å². The van der Waals surface area contributed by atoms with Gasteiger partial charge in [-0.1, -0.05) is 194 Å². The highest BCUT2D eigenvalue weighted by molar-refractivity contribution is 7.95. The lowest BCUT2D eigenvalue weighted by atomic mass is 10.2. The van der Waals surface area contributed by atoms with Gasteiger partial charge in [0.1, 0.15) is 46.4 Å². The Bertz CT molecular complexity index is 3020. The molecular formula is C64H54O6P2S+2. The third-order valence-electron chi connectivity index (χ3n) is 12.5. The second-order valence-electron chi connectivity index (χ2n) is 17.0. The van der Waals surface area contributed by atoms with Crippen molar-refractivity contribution in [2.45, 2.75) is 22.1 Å². The first kappa shape index (κ1) is 51.3. The van der Waals surface area contributed by atoms with Gasteiger partial charge >= 0.3 is 11.9 Å². The molecule has 0 saturated carbocycles. The molecule has 10 aromatic carbocycles. The van der Waals surface area contributed by atoms with Gasteiger partial charge in [-0.3, -0.25) is 0 Å². The van der Waals surface area contributed by atoms with E-state index in [1.54, 1.807) is 0 Å². The Morgan fingerprint density at radius 2 is 0.479 bits per heavy atom. The minimum absolute atomic E-state index is 0.405. The van der Waals surface area contributed by atoms with E-state index in [4.69, 9.17) is 10.2 Å². The minimum Gasteiger partial charge on any atom is -0.478 e. The molecule has 10 rings (SSSR count). The summed E-state index contributed by atoms with van der Waals surface area (Å²) in [7, 11) is -7.80. The average molecular weight is 1010 g/mol. The molecule has 6 nitrogen and oxygen atoms in total. The van der Waals surface area contributed by atoms with Gasteiger partial charge < -0.3 is 10.2 Å². The van der Waals surface area contributed by atoms with Gasteiger partial charge in [0.15, 0.2) is 0 Å². The molecule has 9 heteroatoms. The second kappa shape index (κ2) is 24.4.